The normalized spacial score (nSPS) is 14.5. The minimum atomic E-state index is -1.13. The van der Waals surface area contributed by atoms with Crippen LogP contribution in [0.25, 0.3) is 0 Å². The number of aliphatic carboxylic acids is 1. The molecular formula is C9H19N3O2. The molecule has 1 atom stereocenters. The van der Waals surface area contributed by atoms with Crippen molar-refractivity contribution in [2.75, 3.05) is 6.54 Å². The lowest BCUT2D eigenvalue weighted by Crippen LogP contribution is -2.44. The van der Waals surface area contributed by atoms with Crippen LogP contribution in [-0.4, -0.2) is 29.0 Å². The van der Waals surface area contributed by atoms with Crippen molar-refractivity contribution in [1.82, 2.24) is 5.32 Å². The van der Waals surface area contributed by atoms with Crippen LogP contribution < -0.4 is 11.1 Å². The molecule has 5 heteroatoms. The van der Waals surface area contributed by atoms with Gasteiger partial charge < -0.3 is 16.2 Å². The summed E-state index contributed by atoms with van der Waals surface area (Å²) in [5.41, 5.74) is 4.41. The first-order chi connectivity index (χ1) is 6.36. The quantitative estimate of drug-likeness (QED) is 0.286. The summed E-state index contributed by atoms with van der Waals surface area (Å²) < 4.78 is 0. The van der Waals surface area contributed by atoms with Crippen LogP contribution in [0.3, 0.4) is 0 Å². The lowest BCUT2D eigenvalue weighted by atomic mass is 9.96. The fourth-order valence-electron chi connectivity index (χ4n) is 1.00. The third kappa shape index (κ3) is 5.53. The van der Waals surface area contributed by atoms with Gasteiger partial charge in [0, 0.05) is 6.54 Å². The Hall–Kier alpha value is -1.10. The zero-order chi connectivity index (χ0) is 11.2. The molecule has 0 heterocycles. The Morgan fingerprint density at radius 1 is 1.57 bits per heavy atom. The summed E-state index contributed by atoms with van der Waals surface area (Å²) in [6.07, 6.45) is 2.04. The van der Waals surface area contributed by atoms with Crippen LogP contribution in [0.2, 0.25) is 0 Å². The highest BCUT2D eigenvalue weighted by atomic mass is 16.4. The van der Waals surface area contributed by atoms with Crippen LogP contribution >= 0.6 is 0 Å². The minimum absolute atomic E-state index is 0.429. The molecule has 0 aromatic carbocycles. The van der Waals surface area contributed by atoms with Crippen molar-refractivity contribution in [1.29, 1.82) is 5.41 Å². The standard InChI is InChI=1S/C9H19N3O2/c1-7(10)12-6-4-3-5-9(2,11)8(13)14/h3-6,11H2,1-2H3,(H2,10,12)(H,13,14). The van der Waals surface area contributed by atoms with E-state index >= 15 is 0 Å². The number of nitrogens with two attached hydrogens (primary N) is 1. The van der Waals surface area contributed by atoms with Crippen molar-refractivity contribution in [2.24, 2.45) is 5.73 Å². The van der Waals surface area contributed by atoms with Crippen LogP contribution in [0.4, 0.5) is 0 Å². The fraction of sp³-hybridized carbons (Fsp3) is 0.778. The number of unbranched alkanes of at least 4 members (excludes halogenated alkanes) is 1. The molecular weight excluding hydrogens is 182 g/mol. The zero-order valence-corrected chi connectivity index (χ0v) is 8.76. The number of hydrogen-bond donors (Lipinski definition) is 4. The second kappa shape index (κ2) is 5.59. The van der Waals surface area contributed by atoms with Gasteiger partial charge in [-0.1, -0.05) is 0 Å². The van der Waals surface area contributed by atoms with E-state index in [1.54, 1.807) is 6.92 Å². The number of carboxylic acids is 1. The number of carboxylic acid groups (broad SMARTS) is 1. The Bertz CT molecular complexity index is 214. The summed E-state index contributed by atoms with van der Waals surface area (Å²) in [6.45, 7) is 3.89. The topological polar surface area (TPSA) is 99.2 Å². The van der Waals surface area contributed by atoms with Gasteiger partial charge in [-0.25, -0.2) is 0 Å². The highest BCUT2D eigenvalue weighted by molar-refractivity contribution is 5.77. The molecule has 0 fully saturated rings. The first-order valence-corrected chi connectivity index (χ1v) is 4.67. The minimum Gasteiger partial charge on any atom is -0.480 e. The predicted molar refractivity (Wildman–Crippen MR) is 55.5 cm³/mol. The summed E-state index contributed by atoms with van der Waals surface area (Å²) in [7, 11) is 0. The van der Waals surface area contributed by atoms with Gasteiger partial charge >= 0.3 is 5.97 Å². The number of carbonyl (C=O) groups is 1. The van der Waals surface area contributed by atoms with E-state index in [-0.39, 0.29) is 0 Å². The summed E-state index contributed by atoms with van der Waals surface area (Å²) >= 11 is 0. The van der Waals surface area contributed by atoms with Crippen LogP contribution in [0.5, 0.6) is 0 Å². The largest absolute Gasteiger partial charge is 0.480 e. The molecule has 0 saturated carbocycles. The Balaban J connectivity index is 3.54. The van der Waals surface area contributed by atoms with Crippen LogP contribution in [-0.2, 0) is 4.79 Å². The Morgan fingerprint density at radius 3 is 2.57 bits per heavy atom. The van der Waals surface area contributed by atoms with E-state index in [9.17, 15) is 4.79 Å². The van der Waals surface area contributed by atoms with E-state index in [4.69, 9.17) is 16.2 Å². The molecule has 0 aromatic rings. The summed E-state index contributed by atoms with van der Waals surface area (Å²) in [5, 5.41) is 18.7. The summed E-state index contributed by atoms with van der Waals surface area (Å²) in [4.78, 5) is 10.6. The number of rotatable bonds is 6. The fourth-order valence-corrected chi connectivity index (χ4v) is 1.00. The maximum Gasteiger partial charge on any atom is 0.323 e. The van der Waals surface area contributed by atoms with Crippen LogP contribution in [0.1, 0.15) is 33.1 Å². The van der Waals surface area contributed by atoms with Crippen LogP contribution in [0, 0.1) is 5.41 Å². The van der Waals surface area contributed by atoms with Crippen molar-refractivity contribution in [3.8, 4) is 0 Å². The SMILES string of the molecule is CC(=N)NCCCCC(C)(N)C(=O)O. The number of amidine groups is 1. The second-order valence-corrected chi connectivity index (χ2v) is 3.73. The third-order valence-corrected chi connectivity index (χ3v) is 2.00. The smallest absolute Gasteiger partial charge is 0.323 e. The van der Waals surface area contributed by atoms with Gasteiger partial charge in [0.05, 0.1) is 5.84 Å². The van der Waals surface area contributed by atoms with Gasteiger partial charge in [0.2, 0.25) is 0 Å². The molecule has 0 aliphatic carbocycles. The van der Waals surface area contributed by atoms with E-state index in [1.807, 2.05) is 0 Å². The van der Waals surface area contributed by atoms with Crippen LogP contribution in [0.15, 0.2) is 0 Å². The van der Waals surface area contributed by atoms with E-state index in [0.29, 0.717) is 18.8 Å². The molecule has 0 spiro atoms. The molecule has 5 nitrogen and oxygen atoms in total. The highest BCUT2D eigenvalue weighted by Gasteiger charge is 2.26. The lowest BCUT2D eigenvalue weighted by Gasteiger charge is -2.18. The second-order valence-electron chi connectivity index (χ2n) is 3.73. The van der Waals surface area contributed by atoms with Crippen molar-refractivity contribution >= 4 is 11.8 Å². The highest BCUT2D eigenvalue weighted by Crippen LogP contribution is 2.10. The molecule has 0 rings (SSSR count). The van der Waals surface area contributed by atoms with Gasteiger partial charge in [-0.3, -0.25) is 10.2 Å². The van der Waals surface area contributed by atoms with Gasteiger partial charge in [0.15, 0.2) is 0 Å². The average molecular weight is 201 g/mol. The first-order valence-electron chi connectivity index (χ1n) is 4.67. The Morgan fingerprint density at radius 2 is 2.14 bits per heavy atom. The van der Waals surface area contributed by atoms with Crippen molar-refractivity contribution in [2.45, 2.75) is 38.6 Å². The van der Waals surface area contributed by atoms with E-state index < -0.39 is 11.5 Å². The molecule has 0 aliphatic heterocycles. The average Bonchev–Trinajstić information content (AvgIpc) is 2.02. The summed E-state index contributed by atoms with van der Waals surface area (Å²) in [5.74, 6) is -0.535. The Kier molecular flexibility index (Phi) is 5.15. The van der Waals surface area contributed by atoms with Crippen molar-refractivity contribution in [3.05, 3.63) is 0 Å². The maximum absolute atomic E-state index is 10.6. The molecule has 0 aromatic heterocycles. The third-order valence-electron chi connectivity index (χ3n) is 2.00. The van der Waals surface area contributed by atoms with E-state index in [2.05, 4.69) is 5.32 Å². The molecule has 0 radical (unpaired) electrons. The monoisotopic (exact) mass is 201 g/mol. The lowest BCUT2D eigenvalue weighted by molar-refractivity contribution is -0.142. The predicted octanol–water partition coefficient (Wildman–Crippen LogP) is 0.545. The molecule has 1 unspecified atom stereocenters. The molecule has 0 aliphatic rings. The van der Waals surface area contributed by atoms with Gasteiger partial charge in [-0.2, -0.15) is 0 Å². The number of nitrogens with one attached hydrogen (secondary N) is 2. The van der Waals surface area contributed by atoms with Gasteiger partial charge in [0.25, 0.3) is 0 Å². The number of hydrogen-bond acceptors (Lipinski definition) is 3. The molecule has 14 heavy (non-hydrogen) atoms. The van der Waals surface area contributed by atoms with Gasteiger partial charge in [-0.15, -0.1) is 0 Å². The van der Waals surface area contributed by atoms with E-state index in [1.165, 1.54) is 6.92 Å². The van der Waals surface area contributed by atoms with E-state index in [0.717, 1.165) is 12.8 Å². The first kappa shape index (κ1) is 12.9. The maximum atomic E-state index is 10.6. The summed E-state index contributed by atoms with van der Waals surface area (Å²) in [6, 6.07) is 0. The molecule has 82 valence electrons. The van der Waals surface area contributed by atoms with Gasteiger partial charge in [-0.05, 0) is 33.1 Å². The molecule has 0 amide bonds. The zero-order valence-electron chi connectivity index (χ0n) is 8.76. The Labute approximate surface area is 84.2 Å². The van der Waals surface area contributed by atoms with Gasteiger partial charge in [0.1, 0.15) is 5.54 Å². The molecule has 5 N–H and O–H groups in total. The molecule has 0 saturated heterocycles. The van der Waals surface area contributed by atoms with Crippen molar-refractivity contribution in [3.63, 3.8) is 0 Å². The molecule has 0 bridgehead atoms. The van der Waals surface area contributed by atoms with Crippen molar-refractivity contribution < 1.29 is 9.90 Å².